The highest BCUT2D eigenvalue weighted by molar-refractivity contribution is 6.05. The predicted octanol–water partition coefficient (Wildman–Crippen LogP) is 5.04. The van der Waals surface area contributed by atoms with Crippen LogP contribution in [0.3, 0.4) is 0 Å². The summed E-state index contributed by atoms with van der Waals surface area (Å²) in [7, 11) is 0. The normalized spacial score (nSPS) is 27.7. The van der Waals surface area contributed by atoms with Gasteiger partial charge in [-0.2, -0.15) is 0 Å². The second-order valence-corrected chi connectivity index (χ2v) is 12.1. The fraction of sp³-hybridized carbons (Fsp3) is 0.618. The van der Waals surface area contributed by atoms with Crippen molar-refractivity contribution in [3.05, 3.63) is 54.6 Å². The van der Waals surface area contributed by atoms with E-state index in [-0.39, 0.29) is 31.6 Å². The highest BCUT2D eigenvalue weighted by Crippen LogP contribution is 2.64. The van der Waals surface area contributed by atoms with Crippen LogP contribution in [0.25, 0.3) is 0 Å². The van der Waals surface area contributed by atoms with Gasteiger partial charge in [-0.1, -0.05) is 31.2 Å². The SMILES string of the molecule is C=CCCCCOC(=O)[C@@H]1[C@H]2C(=O)N(CCCCCO)C(C(=O)N(CC=C)c3cc(C)ccc3C)C23CC[C@@]1(CC)O3. The molecule has 3 aliphatic rings. The first-order valence-corrected chi connectivity index (χ1v) is 15.6. The van der Waals surface area contributed by atoms with Crippen molar-refractivity contribution in [2.24, 2.45) is 11.8 Å². The summed E-state index contributed by atoms with van der Waals surface area (Å²) in [5.74, 6) is -2.36. The molecule has 1 N–H and O–H groups in total. The standard InChI is InChI=1S/C34H48N2O6/c1-6-9-10-14-22-41-32(40)28-27-30(38)36(20-12-11-13-21-37)29(34(27)18-17-33(28,8-3)42-34)31(39)35(19-7-2)26-23-24(4)15-16-25(26)5/h6-7,15-16,23,27-29,37H,1-2,8-14,17-22H2,3-5H3/t27-,28-,29?,33+,34?/m0/s1. The van der Waals surface area contributed by atoms with E-state index in [1.807, 2.05) is 45.0 Å². The molecular formula is C34H48N2O6. The summed E-state index contributed by atoms with van der Waals surface area (Å²) in [6.07, 6.45) is 9.65. The highest BCUT2D eigenvalue weighted by Gasteiger charge is 2.79. The van der Waals surface area contributed by atoms with Gasteiger partial charge in [0.15, 0.2) is 0 Å². The Balaban J connectivity index is 1.73. The number of benzene rings is 1. The predicted molar refractivity (Wildman–Crippen MR) is 163 cm³/mol. The Kier molecular flexibility index (Phi) is 10.3. The monoisotopic (exact) mass is 580 g/mol. The lowest BCUT2D eigenvalue weighted by Crippen LogP contribution is -2.56. The molecule has 0 saturated carbocycles. The summed E-state index contributed by atoms with van der Waals surface area (Å²) in [6, 6.07) is 5.12. The van der Waals surface area contributed by atoms with Crippen LogP contribution in [0.15, 0.2) is 43.5 Å². The van der Waals surface area contributed by atoms with Crippen molar-refractivity contribution < 1.29 is 29.0 Å². The smallest absolute Gasteiger partial charge is 0.312 e. The molecular weight excluding hydrogens is 532 g/mol. The van der Waals surface area contributed by atoms with Gasteiger partial charge in [-0.05, 0) is 88.8 Å². The average Bonchev–Trinajstić information content (AvgIpc) is 3.58. The van der Waals surface area contributed by atoms with Gasteiger partial charge in [0, 0.05) is 25.4 Å². The number of aliphatic hydroxyl groups excluding tert-OH is 1. The van der Waals surface area contributed by atoms with Crippen LogP contribution in [0.4, 0.5) is 5.69 Å². The van der Waals surface area contributed by atoms with Crippen LogP contribution < -0.4 is 4.90 Å². The summed E-state index contributed by atoms with van der Waals surface area (Å²) in [5, 5.41) is 9.32. The third-order valence-corrected chi connectivity index (χ3v) is 9.51. The third kappa shape index (κ3) is 5.68. The number of carbonyl (C=O) groups is 3. The molecule has 1 spiro atoms. The molecule has 2 bridgehead atoms. The molecule has 42 heavy (non-hydrogen) atoms. The number of hydrogen-bond acceptors (Lipinski definition) is 6. The van der Waals surface area contributed by atoms with E-state index >= 15 is 0 Å². The first-order valence-electron chi connectivity index (χ1n) is 15.6. The minimum atomic E-state index is -1.11. The van der Waals surface area contributed by atoms with E-state index in [0.29, 0.717) is 38.6 Å². The van der Waals surface area contributed by atoms with E-state index in [0.717, 1.165) is 42.5 Å². The van der Waals surface area contributed by atoms with Crippen LogP contribution in [0, 0.1) is 25.7 Å². The van der Waals surface area contributed by atoms with Crippen molar-refractivity contribution in [2.75, 3.05) is 31.2 Å². The number of aliphatic hydroxyl groups is 1. The van der Waals surface area contributed by atoms with E-state index in [1.54, 1.807) is 15.9 Å². The van der Waals surface area contributed by atoms with Gasteiger partial charge in [0.1, 0.15) is 17.6 Å². The van der Waals surface area contributed by atoms with Gasteiger partial charge in [-0.15, -0.1) is 13.2 Å². The van der Waals surface area contributed by atoms with Crippen LogP contribution in [-0.2, 0) is 23.9 Å². The van der Waals surface area contributed by atoms with Crippen molar-refractivity contribution in [1.29, 1.82) is 0 Å². The number of esters is 1. The number of ether oxygens (including phenoxy) is 2. The van der Waals surface area contributed by atoms with E-state index in [1.165, 1.54) is 0 Å². The summed E-state index contributed by atoms with van der Waals surface area (Å²) in [4.78, 5) is 46.2. The summed E-state index contributed by atoms with van der Waals surface area (Å²) >= 11 is 0. The number of amides is 2. The number of hydrogen-bond donors (Lipinski definition) is 1. The minimum Gasteiger partial charge on any atom is -0.465 e. The maximum absolute atomic E-state index is 14.8. The zero-order valence-electron chi connectivity index (χ0n) is 25.6. The molecule has 3 aliphatic heterocycles. The van der Waals surface area contributed by atoms with Gasteiger partial charge in [-0.25, -0.2) is 0 Å². The minimum absolute atomic E-state index is 0.0749. The van der Waals surface area contributed by atoms with Crippen LogP contribution >= 0.6 is 0 Å². The van der Waals surface area contributed by atoms with Gasteiger partial charge < -0.3 is 24.4 Å². The zero-order valence-corrected chi connectivity index (χ0v) is 25.6. The summed E-state index contributed by atoms with van der Waals surface area (Å²) in [5.41, 5.74) is 0.813. The lowest BCUT2D eigenvalue weighted by Gasteiger charge is -2.37. The molecule has 4 rings (SSSR count). The number of nitrogens with zero attached hydrogens (tertiary/aromatic N) is 2. The fourth-order valence-corrected chi connectivity index (χ4v) is 7.41. The van der Waals surface area contributed by atoms with Crippen molar-refractivity contribution in [3.63, 3.8) is 0 Å². The molecule has 1 aromatic carbocycles. The van der Waals surface area contributed by atoms with Crippen molar-refractivity contribution in [3.8, 4) is 0 Å². The lowest BCUT2D eigenvalue weighted by atomic mass is 9.65. The first-order chi connectivity index (χ1) is 20.2. The molecule has 3 fully saturated rings. The lowest BCUT2D eigenvalue weighted by molar-refractivity contribution is -0.161. The number of fused-ring (bicyclic) bond motifs is 1. The Morgan fingerprint density at radius 2 is 1.93 bits per heavy atom. The molecule has 3 saturated heterocycles. The van der Waals surface area contributed by atoms with E-state index in [9.17, 15) is 19.5 Å². The van der Waals surface area contributed by atoms with Gasteiger partial charge >= 0.3 is 5.97 Å². The van der Waals surface area contributed by atoms with Crippen LogP contribution in [0.2, 0.25) is 0 Å². The summed E-state index contributed by atoms with van der Waals surface area (Å²) in [6.45, 7) is 14.6. The molecule has 2 amide bonds. The Morgan fingerprint density at radius 3 is 2.62 bits per heavy atom. The fourth-order valence-electron chi connectivity index (χ4n) is 7.41. The zero-order chi connectivity index (χ0) is 30.5. The van der Waals surface area contributed by atoms with Crippen molar-refractivity contribution in [2.45, 2.75) is 95.8 Å². The Bertz CT molecular complexity index is 1180. The highest BCUT2D eigenvalue weighted by atomic mass is 16.6. The molecule has 0 radical (unpaired) electrons. The second kappa shape index (κ2) is 13.6. The second-order valence-electron chi connectivity index (χ2n) is 12.1. The number of unbranched alkanes of at least 4 members (excludes halogenated alkanes) is 4. The number of anilines is 1. The molecule has 3 heterocycles. The Hall–Kier alpha value is -2.97. The molecule has 8 heteroatoms. The quantitative estimate of drug-likeness (QED) is 0.167. The molecule has 5 atom stereocenters. The largest absolute Gasteiger partial charge is 0.465 e. The van der Waals surface area contributed by atoms with E-state index in [2.05, 4.69) is 13.2 Å². The van der Waals surface area contributed by atoms with Gasteiger partial charge in [0.05, 0.1) is 18.1 Å². The van der Waals surface area contributed by atoms with Crippen molar-refractivity contribution in [1.82, 2.24) is 4.90 Å². The molecule has 2 unspecified atom stereocenters. The van der Waals surface area contributed by atoms with E-state index in [4.69, 9.17) is 9.47 Å². The summed E-state index contributed by atoms with van der Waals surface area (Å²) < 4.78 is 12.7. The first kappa shape index (κ1) is 32.0. The van der Waals surface area contributed by atoms with Crippen molar-refractivity contribution >= 4 is 23.5 Å². The van der Waals surface area contributed by atoms with Gasteiger partial charge in [0.25, 0.3) is 5.91 Å². The number of allylic oxidation sites excluding steroid dienone is 1. The van der Waals surface area contributed by atoms with E-state index < -0.39 is 35.0 Å². The number of carbonyl (C=O) groups excluding carboxylic acids is 3. The maximum atomic E-state index is 14.8. The molecule has 1 aromatic rings. The molecule has 230 valence electrons. The topological polar surface area (TPSA) is 96.4 Å². The van der Waals surface area contributed by atoms with Crippen LogP contribution in [-0.4, -0.2) is 71.3 Å². The number of rotatable bonds is 16. The Labute approximate surface area is 250 Å². The van der Waals surface area contributed by atoms with Gasteiger partial charge in [0.2, 0.25) is 5.91 Å². The molecule has 0 aliphatic carbocycles. The number of aryl methyl sites for hydroxylation is 2. The Morgan fingerprint density at radius 1 is 1.14 bits per heavy atom. The molecule has 0 aromatic heterocycles. The van der Waals surface area contributed by atoms with Gasteiger partial charge in [-0.3, -0.25) is 14.4 Å². The average molecular weight is 581 g/mol. The third-order valence-electron chi connectivity index (χ3n) is 9.51. The van der Waals surface area contributed by atoms with Crippen LogP contribution in [0.5, 0.6) is 0 Å². The number of likely N-dealkylation sites (tertiary alicyclic amines) is 1. The molecule has 8 nitrogen and oxygen atoms in total. The maximum Gasteiger partial charge on any atom is 0.312 e. The van der Waals surface area contributed by atoms with Crippen LogP contribution in [0.1, 0.15) is 75.8 Å².